The topological polar surface area (TPSA) is 64.4 Å². The normalized spacial score (nSPS) is 18.7. The molecule has 0 radical (unpaired) electrons. The summed E-state index contributed by atoms with van der Waals surface area (Å²) in [7, 11) is 0. The Kier molecular flexibility index (Phi) is 6.35. The van der Waals surface area contributed by atoms with Crippen molar-refractivity contribution in [2.75, 3.05) is 25.4 Å². The number of ether oxygens (including phenoxy) is 1. The molecule has 8 heteroatoms. The van der Waals surface area contributed by atoms with E-state index in [9.17, 15) is 9.59 Å². The molecule has 0 spiro atoms. The first-order valence-electron chi connectivity index (χ1n) is 11.2. The zero-order chi connectivity index (χ0) is 22.1. The van der Waals surface area contributed by atoms with Crippen LogP contribution in [0.4, 0.5) is 0 Å². The minimum absolute atomic E-state index is 0.0215. The highest BCUT2D eigenvalue weighted by atomic mass is 32.2. The van der Waals surface area contributed by atoms with Crippen LogP contribution < -0.4 is 5.56 Å². The van der Waals surface area contributed by atoms with Gasteiger partial charge in [-0.25, -0.2) is 4.98 Å². The van der Waals surface area contributed by atoms with Crippen molar-refractivity contribution in [3.8, 4) is 0 Å². The minimum Gasteiger partial charge on any atom is -0.375 e. The van der Waals surface area contributed by atoms with Gasteiger partial charge in [0.15, 0.2) is 5.16 Å². The number of morpholine rings is 1. The van der Waals surface area contributed by atoms with Crippen molar-refractivity contribution in [2.45, 2.75) is 50.4 Å². The van der Waals surface area contributed by atoms with E-state index < -0.39 is 0 Å². The van der Waals surface area contributed by atoms with Crippen LogP contribution in [0.25, 0.3) is 10.2 Å². The number of hydrogen-bond donors (Lipinski definition) is 0. The van der Waals surface area contributed by atoms with Gasteiger partial charge >= 0.3 is 0 Å². The fraction of sp³-hybridized carbons (Fsp3) is 0.458. The minimum atomic E-state index is 0.0215. The molecular formula is C24H27N3O3S2. The van der Waals surface area contributed by atoms with E-state index in [0.717, 1.165) is 35.0 Å². The maximum atomic E-state index is 13.7. The van der Waals surface area contributed by atoms with Crippen LogP contribution in [0.15, 0.2) is 40.3 Å². The Balaban J connectivity index is 1.49. The van der Waals surface area contributed by atoms with E-state index in [4.69, 9.17) is 9.72 Å². The summed E-state index contributed by atoms with van der Waals surface area (Å²) in [6, 6.07) is 9.98. The summed E-state index contributed by atoms with van der Waals surface area (Å²) in [5, 5.41) is 1.41. The molecule has 168 valence electrons. The zero-order valence-corrected chi connectivity index (χ0v) is 19.8. The number of carbonyl (C=O) groups is 1. The van der Waals surface area contributed by atoms with Crippen LogP contribution in [0.3, 0.4) is 0 Å². The summed E-state index contributed by atoms with van der Waals surface area (Å²) in [6.45, 7) is 4.24. The van der Waals surface area contributed by atoms with Crippen LogP contribution >= 0.6 is 23.1 Å². The molecule has 2 aromatic heterocycles. The Morgan fingerprint density at radius 2 is 2.06 bits per heavy atom. The van der Waals surface area contributed by atoms with Gasteiger partial charge in [0, 0.05) is 18.0 Å². The molecule has 1 amide bonds. The van der Waals surface area contributed by atoms with E-state index in [1.165, 1.54) is 28.6 Å². The second-order valence-corrected chi connectivity index (χ2v) is 10.5. The molecular weight excluding hydrogens is 442 g/mol. The molecule has 0 bridgehead atoms. The molecule has 1 aliphatic heterocycles. The summed E-state index contributed by atoms with van der Waals surface area (Å²) in [5.41, 5.74) is 2.27. The number of nitrogens with zero attached hydrogens (tertiary/aromatic N) is 3. The summed E-state index contributed by atoms with van der Waals surface area (Å²) in [6.07, 6.45) is 4.34. The third kappa shape index (κ3) is 4.36. The Labute approximate surface area is 195 Å². The number of thiophene rings is 1. The van der Waals surface area contributed by atoms with Crippen LogP contribution in [0.2, 0.25) is 0 Å². The molecule has 1 aromatic carbocycles. The van der Waals surface area contributed by atoms with Crippen LogP contribution in [0, 0.1) is 0 Å². The van der Waals surface area contributed by atoms with E-state index in [1.54, 1.807) is 15.9 Å². The smallest absolute Gasteiger partial charge is 0.263 e. The highest BCUT2D eigenvalue weighted by Crippen LogP contribution is 2.34. The summed E-state index contributed by atoms with van der Waals surface area (Å²) in [4.78, 5) is 35.4. The van der Waals surface area contributed by atoms with E-state index in [0.29, 0.717) is 31.4 Å². The number of benzene rings is 1. The number of aryl methyl sites for hydroxylation is 2. The molecule has 0 unspecified atom stereocenters. The predicted molar refractivity (Wildman–Crippen MR) is 129 cm³/mol. The van der Waals surface area contributed by atoms with Crippen molar-refractivity contribution in [3.63, 3.8) is 0 Å². The number of carbonyl (C=O) groups excluding carboxylic acids is 1. The first-order chi connectivity index (χ1) is 15.6. The van der Waals surface area contributed by atoms with Gasteiger partial charge in [0.2, 0.25) is 5.91 Å². The van der Waals surface area contributed by atoms with Crippen molar-refractivity contribution in [3.05, 3.63) is 56.7 Å². The van der Waals surface area contributed by atoms with Gasteiger partial charge in [-0.2, -0.15) is 0 Å². The molecule has 1 saturated heterocycles. The zero-order valence-electron chi connectivity index (χ0n) is 18.2. The van der Waals surface area contributed by atoms with Crippen molar-refractivity contribution in [2.24, 2.45) is 0 Å². The summed E-state index contributed by atoms with van der Waals surface area (Å²) in [5.74, 6) is 0.334. The molecule has 2 aliphatic rings. The SMILES string of the molecule is C[C@H]1CN(C(=O)CSc2nc3sc4c(c3c(=O)n2Cc2ccccc2)CCCC4)CCO1. The van der Waals surface area contributed by atoms with Crippen molar-refractivity contribution >= 4 is 39.2 Å². The average Bonchev–Trinajstić information content (AvgIpc) is 3.19. The Morgan fingerprint density at radius 3 is 2.88 bits per heavy atom. The molecule has 0 N–H and O–H groups in total. The lowest BCUT2D eigenvalue weighted by Crippen LogP contribution is -2.45. The van der Waals surface area contributed by atoms with Gasteiger partial charge in [0.1, 0.15) is 4.83 Å². The van der Waals surface area contributed by atoms with Crippen molar-refractivity contribution < 1.29 is 9.53 Å². The number of rotatable bonds is 5. The Morgan fingerprint density at radius 1 is 1.25 bits per heavy atom. The van der Waals surface area contributed by atoms with Gasteiger partial charge in [0.25, 0.3) is 5.56 Å². The van der Waals surface area contributed by atoms with Gasteiger partial charge < -0.3 is 9.64 Å². The summed E-state index contributed by atoms with van der Waals surface area (Å²) >= 11 is 3.03. The molecule has 5 rings (SSSR count). The highest BCUT2D eigenvalue weighted by molar-refractivity contribution is 7.99. The Bertz CT molecular complexity index is 1190. The fourth-order valence-electron chi connectivity index (χ4n) is 4.50. The van der Waals surface area contributed by atoms with Crippen LogP contribution in [-0.4, -0.2) is 51.9 Å². The third-order valence-corrected chi connectivity index (χ3v) is 8.29. The van der Waals surface area contributed by atoms with Gasteiger partial charge in [0.05, 0.1) is 30.4 Å². The maximum absolute atomic E-state index is 13.7. The van der Waals surface area contributed by atoms with E-state index in [1.807, 2.05) is 42.2 Å². The lowest BCUT2D eigenvalue weighted by molar-refractivity contribution is -0.135. The van der Waals surface area contributed by atoms with Gasteiger partial charge in [-0.15, -0.1) is 11.3 Å². The van der Waals surface area contributed by atoms with Crippen molar-refractivity contribution in [1.29, 1.82) is 0 Å². The molecule has 1 atom stereocenters. The van der Waals surface area contributed by atoms with Gasteiger partial charge in [-0.05, 0) is 43.7 Å². The molecule has 1 aliphatic carbocycles. The van der Waals surface area contributed by atoms with Crippen LogP contribution in [-0.2, 0) is 28.9 Å². The number of fused-ring (bicyclic) bond motifs is 3. The molecule has 0 saturated carbocycles. The van der Waals surface area contributed by atoms with Gasteiger partial charge in [-0.1, -0.05) is 42.1 Å². The lowest BCUT2D eigenvalue weighted by atomic mass is 9.97. The van der Waals surface area contributed by atoms with Crippen LogP contribution in [0.1, 0.15) is 35.8 Å². The number of thioether (sulfide) groups is 1. The maximum Gasteiger partial charge on any atom is 0.263 e. The third-order valence-electron chi connectivity index (χ3n) is 6.14. The predicted octanol–water partition coefficient (Wildman–Crippen LogP) is 3.72. The molecule has 1 fully saturated rings. The summed E-state index contributed by atoms with van der Waals surface area (Å²) < 4.78 is 7.32. The van der Waals surface area contributed by atoms with Crippen LogP contribution in [0.5, 0.6) is 0 Å². The quantitative estimate of drug-likeness (QED) is 0.421. The second kappa shape index (κ2) is 9.37. The first kappa shape index (κ1) is 21.7. The van der Waals surface area contributed by atoms with Gasteiger partial charge in [-0.3, -0.25) is 14.2 Å². The first-order valence-corrected chi connectivity index (χ1v) is 13.0. The molecule has 3 aromatic rings. The lowest BCUT2D eigenvalue weighted by Gasteiger charge is -2.31. The Hall–Kier alpha value is -2.16. The van der Waals surface area contributed by atoms with Crippen molar-refractivity contribution in [1.82, 2.24) is 14.5 Å². The molecule has 3 heterocycles. The number of amides is 1. The highest BCUT2D eigenvalue weighted by Gasteiger charge is 2.25. The van der Waals surface area contributed by atoms with E-state index in [2.05, 4.69) is 0 Å². The fourth-order valence-corrected chi connectivity index (χ4v) is 6.70. The van der Waals surface area contributed by atoms with E-state index in [-0.39, 0.29) is 23.3 Å². The largest absolute Gasteiger partial charge is 0.375 e. The standard InChI is InChI=1S/C24H27N3O3S2/c1-16-13-26(11-12-30-16)20(28)15-31-24-25-22-21(18-9-5-6-10-19(18)32-22)23(29)27(24)14-17-7-3-2-4-8-17/h2-4,7-8,16H,5-6,9-15H2,1H3/t16-/m0/s1. The van der Waals surface area contributed by atoms with E-state index >= 15 is 0 Å². The molecule has 32 heavy (non-hydrogen) atoms. The second-order valence-electron chi connectivity index (χ2n) is 8.47. The molecule has 6 nitrogen and oxygen atoms in total. The number of hydrogen-bond acceptors (Lipinski definition) is 6. The monoisotopic (exact) mass is 469 g/mol. The number of aromatic nitrogens is 2. The average molecular weight is 470 g/mol.